The van der Waals surface area contributed by atoms with Crippen LogP contribution in [0.25, 0.3) is 39.7 Å². The number of methoxy groups -OCH3 is 1. The van der Waals surface area contributed by atoms with Crippen molar-refractivity contribution in [1.82, 2.24) is 0 Å². The van der Waals surface area contributed by atoms with Gasteiger partial charge in [0.25, 0.3) is 0 Å². The fraction of sp³-hybridized carbons (Fsp3) is 0.648. The van der Waals surface area contributed by atoms with Crippen molar-refractivity contribution in [2.75, 3.05) is 7.11 Å². The summed E-state index contributed by atoms with van der Waals surface area (Å²) in [5.74, 6) is 0. The Morgan fingerprint density at radius 1 is 0.467 bits per heavy atom. The first-order valence-corrected chi connectivity index (χ1v) is 28.1. The molecule has 0 aliphatic heterocycles. The van der Waals surface area contributed by atoms with E-state index in [0.29, 0.717) is 0 Å². The fourth-order valence-corrected chi connectivity index (χ4v) is 16.7. The minimum Gasteiger partial charge on any atom is -0.487 e. The van der Waals surface area contributed by atoms with Crippen LogP contribution in [0, 0.1) is 0 Å². The number of hydrogen-bond acceptors (Lipinski definition) is 6. The Hall–Kier alpha value is -1.99. The highest BCUT2D eigenvalue weighted by atomic mass is 32.1. The molecule has 6 heteroatoms. The van der Waals surface area contributed by atoms with Crippen LogP contribution in [-0.4, -0.2) is 13.4 Å². The molecule has 7 rings (SSSR count). The lowest BCUT2D eigenvalue weighted by atomic mass is 9.68. The normalized spacial score (nSPS) is 14.6. The SMILES string of the molecule is CCCCCCCCC1(CCCCCCCC)c2cc3c(cc2-c2sc4cc(C=O)sc4c21)C(CCCCCCCC)(CCCCCCCC)c1c-3sc2cc(OC)sc12. The van der Waals surface area contributed by atoms with Gasteiger partial charge in [-0.1, -0.05) is 193 Å². The zero-order valence-corrected chi connectivity index (χ0v) is 41.4. The largest absolute Gasteiger partial charge is 0.487 e. The van der Waals surface area contributed by atoms with E-state index in [9.17, 15) is 4.79 Å². The van der Waals surface area contributed by atoms with E-state index in [1.807, 2.05) is 29.8 Å². The summed E-state index contributed by atoms with van der Waals surface area (Å²) in [6.45, 7) is 9.33. The van der Waals surface area contributed by atoms with E-state index in [1.54, 1.807) is 49.6 Å². The lowest BCUT2D eigenvalue weighted by molar-refractivity contribution is 0.112. The summed E-state index contributed by atoms with van der Waals surface area (Å²) >= 11 is 7.76. The van der Waals surface area contributed by atoms with Crippen molar-refractivity contribution in [3.8, 4) is 25.9 Å². The van der Waals surface area contributed by atoms with Gasteiger partial charge in [-0.3, -0.25) is 4.79 Å². The third-order valence-electron chi connectivity index (χ3n) is 14.5. The van der Waals surface area contributed by atoms with Gasteiger partial charge in [-0.2, -0.15) is 0 Å². The average Bonchev–Trinajstić information content (AvgIpc) is 4.09. The second-order valence-corrected chi connectivity index (χ2v) is 22.9. The number of carbonyl (C=O) groups excluding carboxylic acids is 1. The molecular formula is C54H76O2S4. The fourth-order valence-electron chi connectivity index (χ4n) is 11.3. The lowest BCUT2D eigenvalue weighted by Gasteiger charge is -2.35. The number of thiophene rings is 4. The Labute approximate surface area is 380 Å². The quantitative estimate of drug-likeness (QED) is 0.0339. The number of hydrogen-bond donors (Lipinski definition) is 0. The lowest BCUT2D eigenvalue weighted by Crippen LogP contribution is -2.27. The van der Waals surface area contributed by atoms with Crippen LogP contribution in [0.5, 0.6) is 5.06 Å². The minimum atomic E-state index is 0.000294. The van der Waals surface area contributed by atoms with Crippen molar-refractivity contribution in [1.29, 1.82) is 0 Å². The van der Waals surface area contributed by atoms with Gasteiger partial charge in [0.2, 0.25) is 0 Å². The Morgan fingerprint density at radius 2 is 0.833 bits per heavy atom. The van der Waals surface area contributed by atoms with Crippen LogP contribution < -0.4 is 4.74 Å². The van der Waals surface area contributed by atoms with E-state index < -0.39 is 0 Å². The standard InChI is InChI=1S/C54H76O2S4/c1-6-10-14-18-22-26-30-53(31-27-23-19-15-11-7-2)42-36-41-43(35-40(42)49-47(53)51-44(58-49)34-39(38-55)57-51)54(32-28-24-20-16-12-8-3,33-29-25-21-17-13-9-4)48-50(41)59-45-37-46(56-5)60-52(45)48/h34-38H,6-33H2,1-5H3. The number of rotatable bonds is 30. The second-order valence-electron chi connectivity index (χ2n) is 18.7. The second kappa shape index (κ2) is 22.1. The number of carbonyl (C=O) groups is 1. The maximum Gasteiger partial charge on any atom is 0.175 e. The van der Waals surface area contributed by atoms with Gasteiger partial charge >= 0.3 is 0 Å². The monoisotopic (exact) mass is 884 g/mol. The molecule has 2 nitrogen and oxygen atoms in total. The first-order valence-electron chi connectivity index (χ1n) is 24.8. The Bertz CT molecular complexity index is 2090. The molecule has 0 saturated carbocycles. The summed E-state index contributed by atoms with van der Waals surface area (Å²) < 4.78 is 11.6. The highest BCUT2D eigenvalue weighted by Gasteiger charge is 2.51. The molecule has 2 aliphatic carbocycles. The van der Waals surface area contributed by atoms with Gasteiger partial charge in [0.15, 0.2) is 11.3 Å². The molecule has 0 saturated heterocycles. The third kappa shape index (κ3) is 9.44. The van der Waals surface area contributed by atoms with Gasteiger partial charge in [-0.15, -0.1) is 34.0 Å². The van der Waals surface area contributed by atoms with Crippen LogP contribution in [0.1, 0.15) is 239 Å². The number of aldehydes is 1. The molecule has 0 N–H and O–H groups in total. The van der Waals surface area contributed by atoms with Gasteiger partial charge in [-0.05, 0) is 77.3 Å². The molecule has 0 spiro atoms. The maximum absolute atomic E-state index is 12.3. The molecule has 4 heterocycles. The minimum absolute atomic E-state index is 0.000294. The molecule has 0 unspecified atom stereocenters. The van der Waals surface area contributed by atoms with Gasteiger partial charge in [0.05, 0.1) is 21.4 Å². The highest BCUT2D eigenvalue weighted by molar-refractivity contribution is 7.31. The molecule has 0 radical (unpaired) electrons. The molecule has 4 aromatic heterocycles. The van der Waals surface area contributed by atoms with Crippen LogP contribution in [0.4, 0.5) is 0 Å². The van der Waals surface area contributed by atoms with Crippen LogP contribution in [-0.2, 0) is 10.8 Å². The molecule has 2 aliphatic rings. The van der Waals surface area contributed by atoms with Crippen LogP contribution in [0.3, 0.4) is 0 Å². The molecule has 5 aromatic rings. The van der Waals surface area contributed by atoms with E-state index in [2.05, 4.69) is 63.3 Å². The summed E-state index contributed by atoms with van der Waals surface area (Å²) in [4.78, 5) is 16.3. The van der Waals surface area contributed by atoms with Crippen molar-refractivity contribution in [3.05, 3.63) is 51.4 Å². The Balaban J connectivity index is 1.38. The van der Waals surface area contributed by atoms with Crippen molar-refractivity contribution in [3.63, 3.8) is 0 Å². The number of ether oxygens (including phenoxy) is 1. The first kappa shape index (κ1) is 46.0. The van der Waals surface area contributed by atoms with E-state index in [4.69, 9.17) is 4.74 Å². The molecule has 0 amide bonds. The van der Waals surface area contributed by atoms with Crippen molar-refractivity contribution in [2.45, 2.75) is 218 Å². The molecule has 328 valence electrons. The molecular weight excluding hydrogens is 809 g/mol. The van der Waals surface area contributed by atoms with E-state index >= 15 is 0 Å². The molecule has 0 fully saturated rings. The summed E-state index contributed by atoms with van der Waals surface area (Å²) in [7, 11) is 1.85. The molecule has 0 bridgehead atoms. The third-order valence-corrected chi connectivity index (χ3v) is 19.3. The van der Waals surface area contributed by atoms with Crippen LogP contribution in [0.2, 0.25) is 0 Å². The van der Waals surface area contributed by atoms with E-state index in [1.165, 1.54) is 203 Å². The van der Waals surface area contributed by atoms with Gasteiger partial charge < -0.3 is 4.74 Å². The number of fused-ring (bicyclic) bond motifs is 10. The molecule has 0 atom stereocenters. The van der Waals surface area contributed by atoms with Crippen molar-refractivity contribution >= 4 is 70.4 Å². The maximum atomic E-state index is 12.3. The summed E-state index contributed by atoms with van der Waals surface area (Å²) in [5, 5.41) is 1.06. The van der Waals surface area contributed by atoms with Crippen molar-refractivity contribution in [2.24, 2.45) is 0 Å². The summed E-state index contributed by atoms with van der Waals surface area (Å²) in [5.41, 5.74) is 9.69. The van der Waals surface area contributed by atoms with Crippen molar-refractivity contribution < 1.29 is 9.53 Å². The van der Waals surface area contributed by atoms with E-state index in [-0.39, 0.29) is 10.8 Å². The highest BCUT2D eigenvalue weighted by Crippen LogP contribution is 2.66. The zero-order chi connectivity index (χ0) is 42.0. The van der Waals surface area contributed by atoms with Gasteiger partial charge in [0.1, 0.15) is 0 Å². The smallest absolute Gasteiger partial charge is 0.175 e. The zero-order valence-electron chi connectivity index (χ0n) is 38.1. The van der Waals surface area contributed by atoms with Gasteiger partial charge in [0, 0.05) is 36.1 Å². The Kier molecular flexibility index (Phi) is 16.9. The topological polar surface area (TPSA) is 26.3 Å². The van der Waals surface area contributed by atoms with E-state index in [0.717, 1.165) is 16.2 Å². The predicted molar refractivity (Wildman–Crippen MR) is 269 cm³/mol. The predicted octanol–water partition coefficient (Wildman–Crippen LogP) is 19.6. The first-order chi connectivity index (χ1) is 29.5. The Morgan fingerprint density at radius 3 is 1.22 bits per heavy atom. The average molecular weight is 885 g/mol. The van der Waals surface area contributed by atoms with Crippen LogP contribution >= 0.6 is 45.3 Å². The molecule has 60 heavy (non-hydrogen) atoms. The summed E-state index contributed by atoms with van der Waals surface area (Å²) in [6, 6.07) is 10.1. The molecule has 1 aromatic carbocycles. The summed E-state index contributed by atoms with van der Waals surface area (Å²) in [6.07, 6.45) is 37.9. The van der Waals surface area contributed by atoms with Crippen LogP contribution in [0.15, 0.2) is 24.3 Å². The number of benzene rings is 1. The number of unbranched alkanes of at least 4 members (excludes halogenated alkanes) is 20. The van der Waals surface area contributed by atoms with Gasteiger partial charge in [-0.25, -0.2) is 0 Å².